The monoisotopic (exact) mass is 299 g/mol. The number of fused-ring (bicyclic) bond motifs is 1. The third kappa shape index (κ3) is 4.03. The first-order valence-corrected chi connectivity index (χ1v) is 7.43. The molecule has 4 nitrogen and oxygen atoms in total. The Morgan fingerprint density at radius 2 is 2.16 bits per heavy atom. The first-order chi connectivity index (χ1) is 8.85. The Morgan fingerprint density at radius 1 is 1.42 bits per heavy atom. The number of rotatable bonds is 4. The number of nitrogens with one attached hydrogen (secondary N) is 1. The molecule has 0 aliphatic carbocycles. The standard InChI is InChI=1S/C13H18ClN3OS/c1-13(2,3)6-8(18)7-15-10-9-4-5-19-11(9)17-12(14)16-10/h4-5,8,18H,6-7H2,1-3H3,(H,15,16,17). The molecule has 0 radical (unpaired) electrons. The summed E-state index contributed by atoms with van der Waals surface area (Å²) in [5.41, 5.74) is 0.0993. The minimum absolute atomic E-state index is 0.0993. The Kier molecular flexibility index (Phi) is 4.28. The van der Waals surface area contributed by atoms with Gasteiger partial charge >= 0.3 is 0 Å². The second kappa shape index (κ2) is 5.61. The third-order valence-electron chi connectivity index (χ3n) is 2.65. The highest BCUT2D eigenvalue weighted by molar-refractivity contribution is 7.16. The van der Waals surface area contributed by atoms with Crippen LogP contribution in [0, 0.1) is 5.41 Å². The summed E-state index contributed by atoms with van der Waals surface area (Å²) in [7, 11) is 0. The van der Waals surface area contributed by atoms with Crippen LogP contribution >= 0.6 is 22.9 Å². The van der Waals surface area contributed by atoms with Crippen LogP contribution in [0.1, 0.15) is 27.2 Å². The molecule has 0 aliphatic rings. The van der Waals surface area contributed by atoms with Gasteiger partial charge in [-0.05, 0) is 34.9 Å². The molecule has 2 N–H and O–H groups in total. The summed E-state index contributed by atoms with van der Waals surface area (Å²) in [6.45, 7) is 6.77. The first kappa shape index (κ1) is 14.5. The van der Waals surface area contributed by atoms with Crippen molar-refractivity contribution >= 4 is 39.0 Å². The van der Waals surface area contributed by atoms with Gasteiger partial charge in [-0.3, -0.25) is 0 Å². The van der Waals surface area contributed by atoms with Gasteiger partial charge < -0.3 is 10.4 Å². The maximum absolute atomic E-state index is 10.0. The quantitative estimate of drug-likeness (QED) is 0.848. The molecule has 0 aliphatic heterocycles. The van der Waals surface area contributed by atoms with Crippen LogP contribution in [0.4, 0.5) is 5.82 Å². The van der Waals surface area contributed by atoms with Crippen LogP contribution in [0.2, 0.25) is 5.28 Å². The smallest absolute Gasteiger partial charge is 0.225 e. The molecule has 0 saturated heterocycles. The second-order valence-electron chi connectivity index (χ2n) is 5.78. The SMILES string of the molecule is CC(C)(C)CC(O)CNc1nc(Cl)nc2sccc12. The van der Waals surface area contributed by atoms with E-state index < -0.39 is 6.10 Å². The summed E-state index contributed by atoms with van der Waals surface area (Å²) >= 11 is 7.41. The molecule has 19 heavy (non-hydrogen) atoms. The maximum Gasteiger partial charge on any atom is 0.225 e. The van der Waals surface area contributed by atoms with E-state index in [1.165, 1.54) is 11.3 Å². The fourth-order valence-electron chi connectivity index (χ4n) is 1.96. The number of aromatic nitrogens is 2. The van der Waals surface area contributed by atoms with Crippen molar-refractivity contribution in [3.05, 3.63) is 16.7 Å². The van der Waals surface area contributed by atoms with Crippen molar-refractivity contribution in [3.8, 4) is 0 Å². The minimum Gasteiger partial charge on any atom is -0.391 e. The van der Waals surface area contributed by atoms with Gasteiger partial charge in [-0.25, -0.2) is 9.97 Å². The molecule has 0 bridgehead atoms. The maximum atomic E-state index is 10.0. The highest BCUT2D eigenvalue weighted by atomic mass is 35.5. The minimum atomic E-state index is -0.414. The third-order valence-corrected chi connectivity index (χ3v) is 3.63. The summed E-state index contributed by atoms with van der Waals surface area (Å²) in [6, 6.07) is 1.95. The molecule has 2 heterocycles. The van der Waals surface area contributed by atoms with E-state index in [0.29, 0.717) is 12.4 Å². The van der Waals surface area contributed by atoms with Crippen LogP contribution in [-0.2, 0) is 0 Å². The number of hydrogen-bond acceptors (Lipinski definition) is 5. The zero-order valence-electron chi connectivity index (χ0n) is 11.3. The molecule has 0 spiro atoms. The number of thiophene rings is 1. The van der Waals surface area contributed by atoms with Crippen LogP contribution in [0.3, 0.4) is 0 Å². The van der Waals surface area contributed by atoms with Gasteiger partial charge in [-0.1, -0.05) is 20.8 Å². The molecule has 6 heteroatoms. The summed E-state index contributed by atoms with van der Waals surface area (Å²) in [6.07, 6.45) is 0.313. The molecule has 1 atom stereocenters. The van der Waals surface area contributed by atoms with Gasteiger partial charge in [-0.2, -0.15) is 0 Å². The number of aliphatic hydroxyl groups is 1. The van der Waals surface area contributed by atoms with Crippen LogP contribution < -0.4 is 5.32 Å². The zero-order chi connectivity index (χ0) is 14.0. The molecule has 2 aromatic heterocycles. The number of nitrogens with zero attached hydrogens (tertiary/aromatic N) is 2. The highest BCUT2D eigenvalue weighted by Gasteiger charge is 2.17. The number of aliphatic hydroxyl groups excluding tert-OH is 1. The van der Waals surface area contributed by atoms with E-state index in [1.807, 2.05) is 11.4 Å². The lowest BCUT2D eigenvalue weighted by Gasteiger charge is -2.22. The average molecular weight is 300 g/mol. The van der Waals surface area contributed by atoms with Crippen molar-refractivity contribution in [2.24, 2.45) is 5.41 Å². The van der Waals surface area contributed by atoms with Crippen molar-refractivity contribution in [2.45, 2.75) is 33.3 Å². The lowest BCUT2D eigenvalue weighted by Crippen LogP contribution is -2.25. The Bertz CT molecular complexity index is 565. The number of hydrogen-bond donors (Lipinski definition) is 2. The van der Waals surface area contributed by atoms with E-state index in [2.05, 4.69) is 36.1 Å². The van der Waals surface area contributed by atoms with Crippen molar-refractivity contribution in [3.63, 3.8) is 0 Å². The molecule has 0 saturated carbocycles. The van der Waals surface area contributed by atoms with Gasteiger partial charge in [0.15, 0.2) is 0 Å². The van der Waals surface area contributed by atoms with E-state index >= 15 is 0 Å². The van der Waals surface area contributed by atoms with E-state index in [-0.39, 0.29) is 10.7 Å². The Labute approximate surface area is 121 Å². The summed E-state index contributed by atoms with van der Waals surface area (Å²) in [5.74, 6) is 0.684. The lowest BCUT2D eigenvalue weighted by atomic mass is 9.89. The van der Waals surface area contributed by atoms with Gasteiger partial charge in [0.1, 0.15) is 10.6 Å². The summed E-state index contributed by atoms with van der Waals surface area (Å²) < 4.78 is 0. The van der Waals surface area contributed by atoms with Crippen LogP contribution in [0.15, 0.2) is 11.4 Å². The van der Waals surface area contributed by atoms with Crippen LogP contribution in [-0.4, -0.2) is 27.7 Å². The van der Waals surface area contributed by atoms with Crippen molar-refractivity contribution in [2.75, 3.05) is 11.9 Å². The molecule has 2 rings (SSSR count). The first-order valence-electron chi connectivity index (χ1n) is 6.18. The van der Waals surface area contributed by atoms with Gasteiger partial charge in [0.05, 0.1) is 11.5 Å². The highest BCUT2D eigenvalue weighted by Crippen LogP contribution is 2.27. The predicted octanol–water partition coefficient (Wildman–Crippen LogP) is 3.55. The Morgan fingerprint density at radius 3 is 2.84 bits per heavy atom. The second-order valence-corrected chi connectivity index (χ2v) is 7.01. The fraction of sp³-hybridized carbons (Fsp3) is 0.538. The Hall–Kier alpha value is -0.910. The van der Waals surface area contributed by atoms with Gasteiger partial charge in [0.25, 0.3) is 0 Å². The van der Waals surface area contributed by atoms with Crippen molar-refractivity contribution < 1.29 is 5.11 Å². The van der Waals surface area contributed by atoms with Gasteiger partial charge in [-0.15, -0.1) is 11.3 Å². The van der Waals surface area contributed by atoms with Crippen molar-refractivity contribution in [1.29, 1.82) is 0 Å². The van der Waals surface area contributed by atoms with E-state index in [4.69, 9.17) is 11.6 Å². The topological polar surface area (TPSA) is 58.0 Å². The molecular formula is C13H18ClN3OS. The predicted molar refractivity (Wildman–Crippen MR) is 81.0 cm³/mol. The van der Waals surface area contributed by atoms with Crippen molar-refractivity contribution in [1.82, 2.24) is 9.97 Å². The largest absolute Gasteiger partial charge is 0.391 e. The number of anilines is 1. The molecule has 1 unspecified atom stereocenters. The normalized spacial score (nSPS) is 13.7. The van der Waals surface area contributed by atoms with Gasteiger partial charge in [0.2, 0.25) is 5.28 Å². The molecule has 0 aromatic carbocycles. The molecule has 0 fully saturated rings. The fourth-order valence-corrected chi connectivity index (χ4v) is 2.94. The van der Waals surface area contributed by atoms with E-state index in [0.717, 1.165) is 16.6 Å². The lowest BCUT2D eigenvalue weighted by molar-refractivity contribution is 0.132. The van der Waals surface area contributed by atoms with Gasteiger partial charge in [0, 0.05) is 6.54 Å². The zero-order valence-corrected chi connectivity index (χ0v) is 12.8. The van der Waals surface area contributed by atoms with E-state index in [1.54, 1.807) is 0 Å². The molecule has 2 aromatic rings. The number of halogens is 1. The molecular weight excluding hydrogens is 282 g/mol. The summed E-state index contributed by atoms with van der Waals surface area (Å²) in [5, 5.41) is 16.3. The average Bonchev–Trinajstić information content (AvgIpc) is 2.71. The summed E-state index contributed by atoms with van der Waals surface area (Å²) in [4.78, 5) is 9.19. The molecule has 104 valence electrons. The van der Waals surface area contributed by atoms with Crippen LogP contribution in [0.25, 0.3) is 10.2 Å². The molecule has 0 amide bonds. The van der Waals surface area contributed by atoms with Crippen LogP contribution in [0.5, 0.6) is 0 Å². The van der Waals surface area contributed by atoms with E-state index in [9.17, 15) is 5.11 Å². The Balaban J connectivity index is 2.07.